The number of rotatable bonds is 5. The van der Waals surface area contributed by atoms with Gasteiger partial charge in [-0.15, -0.1) is 0 Å². The van der Waals surface area contributed by atoms with E-state index in [0.29, 0.717) is 24.6 Å². The van der Waals surface area contributed by atoms with Crippen molar-refractivity contribution >= 4 is 17.6 Å². The lowest BCUT2D eigenvalue weighted by atomic mass is 9.63. The fraction of sp³-hybridized carbons (Fsp3) is 0.542. The molecule has 6 heteroatoms. The third-order valence-electron chi connectivity index (χ3n) is 7.53. The number of halogens is 1. The maximum Gasteiger partial charge on any atom is 0.233 e. The fourth-order valence-electron chi connectivity index (χ4n) is 5.83. The van der Waals surface area contributed by atoms with Gasteiger partial charge in [0.2, 0.25) is 11.8 Å². The van der Waals surface area contributed by atoms with E-state index in [-0.39, 0.29) is 47.1 Å². The molecule has 4 unspecified atom stereocenters. The Kier molecular flexibility index (Phi) is 5.05. The first-order chi connectivity index (χ1) is 14.5. The van der Waals surface area contributed by atoms with Crippen LogP contribution in [0.3, 0.4) is 0 Å². The third-order valence-corrected chi connectivity index (χ3v) is 7.53. The molecule has 0 radical (unpaired) electrons. The Morgan fingerprint density at radius 2 is 1.47 bits per heavy atom. The van der Waals surface area contributed by atoms with E-state index in [1.165, 1.54) is 24.3 Å². The lowest BCUT2D eigenvalue weighted by Crippen LogP contribution is -2.42. The molecule has 3 fully saturated rings. The van der Waals surface area contributed by atoms with E-state index in [2.05, 4.69) is 17.1 Å². The molecule has 5 nitrogen and oxygen atoms in total. The summed E-state index contributed by atoms with van der Waals surface area (Å²) in [7, 11) is 0. The molecule has 0 N–H and O–H groups in total. The minimum Gasteiger partial charge on any atom is -0.296 e. The van der Waals surface area contributed by atoms with Gasteiger partial charge in [-0.05, 0) is 80.8 Å². The van der Waals surface area contributed by atoms with Gasteiger partial charge in [-0.25, -0.2) is 4.39 Å². The van der Waals surface area contributed by atoms with E-state index in [0.717, 1.165) is 38.8 Å². The Hall–Kier alpha value is -2.34. The number of carbonyl (C=O) groups is 3. The van der Waals surface area contributed by atoms with Crippen LogP contribution in [-0.2, 0) is 9.59 Å². The van der Waals surface area contributed by atoms with E-state index in [9.17, 15) is 18.8 Å². The van der Waals surface area contributed by atoms with Crippen LogP contribution in [0.4, 0.5) is 4.39 Å². The van der Waals surface area contributed by atoms with Gasteiger partial charge in [0.25, 0.3) is 0 Å². The zero-order valence-corrected chi connectivity index (χ0v) is 17.0. The number of Topliss-reactive ketones (excluding diaryl/α,β-unsaturated/α-hetero) is 1. The summed E-state index contributed by atoms with van der Waals surface area (Å²) in [5.41, 5.74) is 0.526. The first-order valence-corrected chi connectivity index (χ1v) is 11.1. The summed E-state index contributed by atoms with van der Waals surface area (Å²) >= 11 is 0. The molecule has 6 rings (SSSR count). The summed E-state index contributed by atoms with van der Waals surface area (Å²) in [6, 6.07) is 5.67. The number of hydrogen-bond acceptors (Lipinski definition) is 4. The number of likely N-dealkylation sites (tertiary alicyclic amines) is 2. The summed E-state index contributed by atoms with van der Waals surface area (Å²) in [4.78, 5) is 42.1. The average molecular weight is 410 g/mol. The van der Waals surface area contributed by atoms with Gasteiger partial charge in [0, 0.05) is 12.1 Å². The van der Waals surface area contributed by atoms with Crippen molar-refractivity contribution in [2.45, 2.75) is 25.7 Å². The number of hydrogen-bond donors (Lipinski definition) is 0. The average Bonchev–Trinajstić information content (AvgIpc) is 3.03. The van der Waals surface area contributed by atoms with Gasteiger partial charge >= 0.3 is 0 Å². The quantitative estimate of drug-likeness (QED) is 0.426. The number of piperidine rings is 1. The minimum atomic E-state index is -0.345. The Bertz CT molecular complexity index is 856. The van der Waals surface area contributed by atoms with Crippen molar-refractivity contribution < 1.29 is 18.8 Å². The maximum atomic E-state index is 13.0. The molecule has 2 saturated heterocycles. The van der Waals surface area contributed by atoms with E-state index in [1.807, 2.05) is 0 Å². The lowest BCUT2D eigenvalue weighted by molar-refractivity contribution is -0.141. The van der Waals surface area contributed by atoms with E-state index in [1.54, 1.807) is 4.90 Å². The molecule has 1 saturated carbocycles. The highest BCUT2D eigenvalue weighted by atomic mass is 19.1. The third kappa shape index (κ3) is 3.41. The summed E-state index contributed by atoms with van der Waals surface area (Å²) in [6.07, 6.45) is 8.09. The van der Waals surface area contributed by atoms with Crippen molar-refractivity contribution in [2.75, 3.05) is 26.2 Å². The highest BCUT2D eigenvalue weighted by Gasteiger charge is 2.56. The van der Waals surface area contributed by atoms with Gasteiger partial charge in [0.05, 0.1) is 18.4 Å². The van der Waals surface area contributed by atoms with Crippen molar-refractivity contribution in [3.05, 3.63) is 47.8 Å². The Labute approximate surface area is 175 Å². The van der Waals surface area contributed by atoms with Crippen LogP contribution in [0.5, 0.6) is 0 Å². The normalized spacial score (nSPS) is 31.4. The van der Waals surface area contributed by atoms with Crippen LogP contribution in [0.15, 0.2) is 36.4 Å². The number of fused-ring (bicyclic) bond motifs is 1. The predicted octanol–water partition coefficient (Wildman–Crippen LogP) is 2.92. The van der Waals surface area contributed by atoms with Crippen molar-refractivity contribution in [3.8, 4) is 0 Å². The SMILES string of the molecule is O=C(CN1CCC(CN2C(=O)C3C4C=CC(CC4)C3C2=O)CC1)c1ccc(F)cc1. The smallest absolute Gasteiger partial charge is 0.233 e. The van der Waals surface area contributed by atoms with Crippen molar-refractivity contribution in [1.82, 2.24) is 9.80 Å². The second kappa shape index (κ2) is 7.73. The Morgan fingerprint density at radius 3 is 2.00 bits per heavy atom. The molecule has 2 heterocycles. The molecular weight excluding hydrogens is 383 g/mol. The maximum absolute atomic E-state index is 13.0. The molecule has 30 heavy (non-hydrogen) atoms. The monoisotopic (exact) mass is 410 g/mol. The second-order valence-corrected chi connectivity index (χ2v) is 9.28. The number of benzene rings is 1. The molecule has 1 aromatic carbocycles. The van der Waals surface area contributed by atoms with Crippen LogP contribution in [0.2, 0.25) is 0 Å². The molecule has 4 atom stereocenters. The van der Waals surface area contributed by atoms with Crippen LogP contribution < -0.4 is 0 Å². The zero-order chi connectivity index (χ0) is 20.8. The molecular formula is C24H27FN2O3. The highest BCUT2D eigenvalue weighted by Crippen LogP contribution is 2.49. The van der Waals surface area contributed by atoms with Gasteiger partial charge in [0.15, 0.2) is 5.78 Å². The largest absolute Gasteiger partial charge is 0.296 e. The molecule has 0 aromatic heterocycles. The van der Waals surface area contributed by atoms with E-state index >= 15 is 0 Å². The summed E-state index contributed by atoms with van der Waals surface area (Å²) in [5.74, 6) is 0.232. The van der Waals surface area contributed by atoms with Crippen LogP contribution in [-0.4, -0.2) is 53.6 Å². The number of amides is 2. The van der Waals surface area contributed by atoms with Crippen LogP contribution in [0.25, 0.3) is 0 Å². The second-order valence-electron chi connectivity index (χ2n) is 9.28. The van der Waals surface area contributed by atoms with Crippen LogP contribution >= 0.6 is 0 Å². The molecule has 2 bridgehead atoms. The van der Waals surface area contributed by atoms with Gasteiger partial charge in [-0.1, -0.05) is 12.2 Å². The predicted molar refractivity (Wildman–Crippen MR) is 109 cm³/mol. The van der Waals surface area contributed by atoms with Crippen LogP contribution in [0.1, 0.15) is 36.0 Å². The summed E-state index contributed by atoms with van der Waals surface area (Å²) < 4.78 is 13.0. The minimum absolute atomic E-state index is 0.00889. The number of ketones is 1. The summed E-state index contributed by atoms with van der Waals surface area (Å²) in [5, 5.41) is 0. The van der Waals surface area contributed by atoms with E-state index < -0.39 is 0 Å². The topological polar surface area (TPSA) is 57.7 Å². The molecule has 5 aliphatic rings. The Morgan fingerprint density at radius 1 is 0.900 bits per heavy atom. The number of allylic oxidation sites excluding steroid dienone is 2. The molecule has 0 spiro atoms. The van der Waals surface area contributed by atoms with Gasteiger partial charge in [-0.3, -0.25) is 24.2 Å². The first kappa shape index (κ1) is 19.6. The molecule has 1 aromatic rings. The van der Waals surface area contributed by atoms with Crippen molar-refractivity contribution in [3.63, 3.8) is 0 Å². The standard InChI is InChI=1S/C24H27FN2O3/c25-19-7-5-16(6-8-19)20(28)14-26-11-9-15(10-12-26)13-27-23(29)21-17-1-2-18(4-3-17)22(21)24(27)30/h1-2,5-8,15,17-18,21-22H,3-4,9-14H2. The molecule has 2 aliphatic heterocycles. The molecule has 158 valence electrons. The fourth-order valence-corrected chi connectivity index (χ4v) is 5.83. The molecule has 2 amide bonds. The molecule has 3 aliphatic carbocycles. The summed E-state index contributed by atoms with van der Waals surface area (Å²) in [6.45, 7) is 2.38. The zero-order valence-electron chi connectivity index (χ0n) is 17.0. The Balaban J connectivity index is 1.15. The van der Waals surface area contributed by atoms with Crippen molar-refractivity contribution in [2.24, 2.45) is 29.6 Å². The number of carbonyl (C=O) groups excluding carboxylic acids is 3. The van der Waals surface area contributed by atoms with Gasteiger partial charge in [0.1, 0.15) is 5.82 Å². The van der Waals surface area contributed by atoms with Gasteiger partial charge in [-0.2, -0.15) is 0 Å². The number of imide groups is 1. The van der Waals surface area contributed by atoms with E-state index in [4.69, 9.17) is 0 Å². The van der Waals surface area contributed by atoms with Crippen LogP contribution in [0, 0.1) is 35.4 Å². The highest BCUT2D eigenvalue weighted by molar-refractivity contribution is 6.06. The lowest BCUT2D eigenvalue weighted by Gasteiger charge is -2.38. The number of nitrogens with zero attached hydrogens (tertiary/aromatic N) is 2. The van der Waals surface area contributed by atoms with Crippen molar-refractivity contribution in [1.29, 1.82) is 0 Å². The first-order valence-electron chi connectivity index (χ1n) is 11.1. The van der Waals surface area contributed by atoms with Gasteiger partial charge < -0.3 is 0 Å².